The number of hydrogen-bond acceptors (Lipinski definition) is 10. The number of nitrogens with one attached hydrogen (secondary N) is 1. The number of benzene rings is 3. The fraction of sp³-hybridized carbons (Fsp3) is 0.425. The minimum atomic E-state index is -1.98. The molecule has 2 heterocycles. The van der Waals surface area contributed by atoms with Crippen LogP contribution in [0.25, 0.3) is 0 Å². The molecule has 3 amide bonds. The summed E-state index contributed by atoms with van der Waals surface area (Å²) in [4.78, 5) is 85.6. The molecule has 0 aromatic heterocycles. The smallest absolute Gasteiger partial charge is 0.408 e. The quantitative estimate of drug-likeness (QED) is 0.105. The van der Waals surface area contributed by atoms with E-state index in [1.54, 1.807) is 74.2 Å². The summed E-state index contributed by atoms with van der Waals surface area (Å²) in [5.74, 6) is -2.30. The molecule has 0 saturated carbocycles. The number of ketones is 1. The fourth-order valence-electron chi connectivity index (χ4n) is 7.08. The second-order valence-electron chi connectivity index (χ2n) is 14.7. The minimum Gasteiger partial charge on any atom is -0.459 e. The van der Waals surface area contributed by atoms with E-state index in [9.17, 15) is 29.3 Å². The van der Waals surface area contributed by atoms with Crippen LogP contribution in [0.1, 0.15) is 65.9 Å². The SMILES string of the molecule is C[C@H](NC(=O)OC(C)(C)C)C(=O)[C@](C)(C(=O)N1CCC[C@H]1C(=O)N1CCC[C@H]1C(=O)OCc1ccc([N+](=O)[O-])cc1)N(c1ccccc1)c1ccccc1. The second-order valence-corrected chi connectivity index (χ2v) is 14.7. The number of nitrogens with zero attached hydrogens (tertiary/aromatic N) is 4. The molecule has 0 radical (unpaired) electrons. The Hall–Kier alpha value is -5.79. The first-order valence-corrected chi connectivity index (χ1v) is 18.1. The molecule has 0 spiro atoms. The number of Topliss-reactive ketones (excluding diaryl/α,β-unsaturated/α-hetero) is 1. The first-order valence-electron chi connectivity index (χ1n) is 18.1. The number of hydrogen-bond donors (Lipinski definition) is 1. The van der Waals surface area contributed by atoms with Crippen molar-refractivity contribution in [2.45, 2.75) is 96.2 Å². The van der Waals surface area contributed by atoms with Crippen molar-refractivity contribution in [1.29, 1.82) is 0 Å². The van der Waals surface area contributed by atoms with E-state index in [0.29, 0.717) is 42.6 Å². The number of esters is 1. The van der Waals surface area contributed by atoms with Crippen molar-refractivity contribution in [1.82, 2.24) is 15.1 Å². The maximum absolute atomic E-state index is 15.2. The highest BCUT2D eigenvalue weighted by atomic mass is 16.6. The maximum Gasteiger partial charge on any atom is 0.408 e. The Morgan fingerprint density at radius 3 is 1.91 bits per heavy atom. The van der Waals surface area contributed by atoms with Crippen LogP contribution in [0.5, 0.6) is 0 Å². The highest BCUT2D eigenvalue weighted by Crippen LogP contribution is 2.38. The van der Waals surface area contributed by atoms with E-state index in [1.165, 1.54) is 47.9 Å². The average molecular weight is 742 g/mol. The largest absolute Gasteiger partial charge is 0.459 e. The monoisotopic (exact) mass is 741 g/mol. The summed E-state index contributed by atoms with van der Waals surface area (Å²) in [7, 11) is 0. The Kier molecular flexibility index (Phi) is 12.0. The third-order valence-corrected chi connectivity index (χ3v) is 9.63. The zero-order valence-electron chi connectivity index (χ0n) is 31.2. The molecule has 1 N–H and O–H groups in total. The van der Waals surface area contributed by atoms with Gasteiger partial charge in [-0.05, 0) is 102 Å². The van der Waals surface area contributed by atoms with Gasteiger partial charge in [0, 0.05) is 36.6 Å². The summed E-state index contributed by atoms with van der Waals surface area (Å²) in [6.45, 7) is 8.45. The lowest BCUT2D eigenvalue weighted by Crippen LogP contribution is -2.66. The van der Waals surface area contributed by atoms with Gasteiger partial charge < -0.3 is 29.5 Å². The topological polar surface area (TPSA) is 169 Å². The van der Waals surface area contributed by atoms with Crippen LogP contribution >= 0.6 is 0 Å². The molecule has 2 aliphatic heterocycles. The number of non-ortho nitro benzene ring substituents is 1. The molecule has 5 rings (SSSR count). The van der Waals surface area contributed by atoms with E-state index >= 15 is 4.79 Å². The van der Waals surface area contributed by atoms with Crippen LogP contribution in [0.15, 0.2) is 84.9 Å². The van der Waals surface area contributed by atoms with E-state index in [2.05, 4.69) is 5.32 Å². The zero-order chi connectivity index (χ0) is 39.2. The molecular formula is C40H47N5O9. The summed E-state index contributed by atoms with van der Waals surface area (Å²) in [6.07, 6.45) is 0.893. The molecule has 14 heteroatoms. The van der Waals surface area contributed by atoms with Crippen molar-refractivity contribution in [3.8, 4) is 0 Å². The Balaban J connectivity index is 1.44. The Bertz CT molecular complexity index is 1810. The van der Waals surface area contributed by atoms with E-state index in [1.807, 2.05) is 12.1 Å². The van der Waals surface area contributed by atoms with Crippen LogP contribution in [0, 0.1) is 10.1 Å². The lowest BCUT2D eigenvalue weighted by Gasteiger charge is -2.44. The molecule has 3 aromatic carbocycles. The number of rotatable bonds is 12. The van der Waals surface area contributed by atoms with Crippen molar-refractivity contribution < 1.29 is 38.4 Å². The number of likely N-dealkylation sites (tertiary alicyclic amines) is 2. The van der Waals surface area contributed by atoms with Crippen LogP contribution in [-0.2, 0) is 35.3 Å². The van der Waals surface area contributed by atoms with Gasteiger partial charge in [-0.2, -0.15) is 0 Å². The minimum absolute atomic E-state index is 0.0875. The van der Waals surface area contributed by atoms with Gasteiger partial charge >= 0.3 is 12.1 Å². The summed E-state index contributed by atoms with van der Waals surface area (Å²) >= 11 is 0. The predicted molar refractivity (Wildman–Crippen MR) is 200 cm³/mol. The lowest BCUT2D eigenvalue weighted by molar-refractivity contribution is -0.384. The van der Waals surface area contributed by atoms with Gasteiger partial charge in [-0.3, -0.25) is 24.5 Å². The number of nitro groups is 1. The van der Waals surface area contributed by atoms with Crippen LogP contribution in [0.2, 0.25) is 0 Å². The zero-order valence-corrected chi connectivity index (χ0v) is 31.2. The standard InChI is InChI=1S/C40H47N5O9/c1-27(41-38(50)54-39(2,3)4)34(46)40(5,44(29-14-8-6-9-15-29)30-16-10-7-11-17-30)37(49)43-25-12-18-32(43)35(47)42-24-13-19-33(42)36(48)53-26-28-20-22-31(23-21-28)45(51)52/h6-11,14-17,20-23,27,32-33H,12-13,18-19,24-26H2,1-5H3,(H,41,50)/t27-,32-,33-,40+/m0/s1. The van der Waals surface area contributed by atoms with Gasteiger partial charge in [0.25, 0.3) is 11.6 Å². The number of carbonyl (C=O) groups excluding carboxylic acids is 5. The highest BCUT2D eigenvalue weighted by Gasteiger charge is 2.54. The van der Waals surface area contributed by atoms with Crippen molar-refractivity contribution >= 4 is 46.7 Å². The van der Waals surface area contributed by atoms with E-state index in [-0.39, 0.29) is 25.4 Å². The first-order chi connectivity index (χ1) is 25.6. The molecule has 0 bridgehead atoms. The molecule has 286 valence electrons. The van der Waals surface area contributed by atoms with Crippen molar-refractivity contribution in [2.75, 3.05) is 18.0 Å². The van der Waals surface area contributed by atoms with Crippen LogP contribution < -0.4 is 10.2 Å². The van der Waals surface area contributed by atoms with Crippen molar-refractivity contribution in [3.63, 3.8) is 0 Å². The number of anilines is 2. The van der Waals surface area contributed by atoms with Gasteiger partial charge in [0.05, 0.1) is 11.0 Å². The molecular weight excluding hydrogens is 694 g/mol. The van der Waals surface area contributed by atoms with Crippen LogP contribution in [0.3, 0.4) is 0 Å². The Morgan fingerprint density at radius 1 is 0.833 bits per heavy atom. The van der Waals surface area contributed by atoms with Gasteiger partial charge in [0.1, 0.15) is 24.3 Å². The molecule has 2 saturated heterocycles. The predicted octanol–water partition coefficient (Wildman–Crippen LogP) is 5.70. The Labute approximate surface area is 314 Å². The first kappa shape index (κ1) is 39.4. The van der Waals surface area contributed by atoms with E-state index < -0.39 is 63.8 Å². The normalized spacial score (nSPS) is 18.6. The summed E-state index contributed by atoms with van der Waals surface area (Å²) in [5, 5.41) is 13.6. The maximum atomic E-state index is 15.2. The molecule has 2 aliphatic rings. The molecule has 0 unspecified atom stereocenters. The van der Waals surface area contributed by atoms with Crippen LogP contribution in [0.4, 0.5) is 21.9 Å². The summed E-state index contributed by atoms with van der Waals surface area (Å²) in [6, 6.07) is 20.5. The molecule has 54 heavy (non-hydrogen) atoms. The summed E-state index contributed by atoms with van der Waals surface area (Å²) in [5.41, 5.74) is -1.27. The lowest BCUT2D eigenvalue weighted by atomic mass is 9.86. The van der Waals surface area contributed by atoms with Crippen molar-refractivity contribution in [3.05, 3.63) is 101 Å². The number of nitro benzene ring substituents is 1. The Morgan fingerprint density at radius 2 is 1.37 bits per heavy atom. The van der Waals surface area contributed by atoms with Gasteiger partial charge in [-0.1, -0.05) is 36.4 Å². The third-order valence-electron chi connectivity index (χ3n) is 9.63. The van der Waals surface area contributed by atoms with Gasteiger partial charge in [0.2, 0.25) is 5.91 Å². The van der Waals surface area contributed by atoms with Gasteiger partial charge in [-0.15, -0.1) is 0 Å². The average Bonchev–Trinajstić information content (AvgIpc) is 3.84. The number of amides is 3. The number of ether oxygens (including phenoxy) is 2. The number of alkyl carbamates (subject to hydrolysis) is 1. The highest BCUT2D eigenvalue weighted by molar-refractivity contribution is 6.17. The van der Waals surface area contributed by atoms with Crippen LogP contribution in [-0.4, -0.2) is 86.7 Å². The fourth-order valence-corrected chi connectivity index (χ4v) is 7.08. The van der Waals surface area contributed by atoms with Gasteiger partial charge in [-0.25, -0.2) is 9.59 Å². The summed E-state index contributed by atoms with van der Waals surface area (Å²) < 4.78 is 11.0. The number of para-hydroxylation sites is 2. The van der Waals surface area contributed by atoms with Gasteiger partial charge in [0.15, 0.2) is 11.3 Å². The molecule has 2 fully saturated rings. The third kappa shape index (κ3) is 8.70. The molecule has 0 aliphatic carbocycles. The second kappa shape index (κ2) is 16.5. The van der Waals surface area contributed by atoms with Crippen molar-refractivity contribution in [2.24, 2.45) is 0 Å². The van der Waals surface area contributed by atoms with E-state index in [0.717, 1.165) is 0 Å². The van der Waals surface area contributed by atoms with E-state index in [4.69, 9.17) is 9.47 Å². The molecule has 14 nitrogen and oxygen atoms in total. The molecule has 4 atom stereocenters. The molecule has 3 aromatic rings. The number of carbonyl (C=O) groups is 5.